The van der Waals surface area contributed by atoms with Crippen LogP contribution in [0.1, 0.15) is 13.3 Å². The van der Waals surface area contributed by atoms with Crippen LogP contribution in [0, 0.1) is 0 Å². The molecule has 1 N–H and O–H groups in total. The van der Waals surface area contributed by atoms with Crippen LogP contribution in [0.15, 0.2) is 12.7 Å². The fourth-order valence-electron chi connectivity index (χ4n) is 1.48. The molecule has 3 nitrogen and oxygen atoms in total. The minimum absolute atomic E-state index is 0.912. The van der Waals surface area contributed by atoms with Crippen molar-refractivity contribution in [3.05, 3.63) is 12.7 Å². The van der Waals surface area contributed by atoms with Crippen LogP contribution in [-0.4, -0.2) is 63.2 Å². The van der Waals surface area contributed by atoms with Crippen LogP contribution < -0.4 is 5.32 Å². The summed E-state index contributed by atoms with van der Waals surface area (Å²) in [6.07, 6.45) is 3.16. The first-order chi connectivity index (χ1) is 7.20. The summed E-state index contributed by atoms with van der Waals surface area (Å²) in [6.45, 7) is 12.5. The molecule has 0 aromatic carbocycles. The van der Waals surface area contributed by atoms with Gasteiger partial charge in [-0.25, -0.2) is 0 Å². The van der Waals surface area contributed by atoms with Crippen molar-refractivity contribution in [2.24, 2.45) is 0 Å². The van der Waals surface area contributed by atoms with E-state index in [1.807, 2.05) is 6.08 Å². The normalized spacial score (nSPS) is 11.3. The summed E-state index contributed by atoms with van der Waals surface area (Å²) in [7, 11) is 4.25. The van der Waals surface area contributed by atoms with E-state index in [1.54, 1.807) is 0 Å². The molecule has 0 amide bonds. The third-order valence-electron chi connectivity index (χ3n) is 2.42. The van der Waals surface area contributed by atoms with Crippen LogP contribution in [0.3, 0.4) is 0 Å². The van der Waals surface area contributed by atoms with Gasteiger partial charge in [-0.2, -0.15) is 0 Å². The maximum atomic E-state index is 3.68. The van der Waals surface area contributed by atoms with Crippen molar-refractivity contribution in [1.29, 1.82) is 0 Å². The van der Waals surface area contributed by atoms with Gasteiger partial charge < -0.3 is 15.1 Å². The Morgan fingerprint density at radius 3 is 2.47 bits per heavy atom. The van der Waals surface area contributed by atoms with Gasteiger partial charge in [0.05, 0.1) is 0 Å². The molecule has 0 spiro atoms. The van der Waals surface area contributed by atoms with E-state index in [-0.39, 0.29) is 0 Å². The maximum Gasteiger partial charge on any atom is 0.0132 e. The number of nitrogens with zero attached hydrogens (tertiary/aromatic N) is 2. The van der Waals surface area contributed by atoms with Gasteiger partial charge in [-0.15, -0.1) is 6.58 Å². The van der Waals surface area contributed by atoms with Crippen LogP contribution in [0.25, 0.3) is 0 Å². The Bertz CT molecular complexity index is 146. The Morgan fingerprint density at radius 2 is 1.93 bits per heavy atom. The predicted octanol–water partition coefficient (Wildman–Crippen LogP) is 1.04. The molecular formula is C12H27N3. The molecule has 0 saturated carbocycles. The largest absolute Gasteiger partial charge is 0.312 e. The van der Waals surface area contributed by atoms with E-state index >= 15 is 0 Å². The molecule has 0 heterocycles. The maximum absolute atomic E-state index is 3.68. The van der Waals surface area contributed by atoms with E-state index in [9.17, 15) is 0 Å². The summed E-state index contributed by atoms with van der Waals surface area (Å²) in [5, 5.41) is 3.33. The van der Waals surface area contributed by atoms with Crippen molar-refractivity contribution in [2.75, 3.05) is 53.4 Å². The van der Waals surface area contributed by atoms with Crippen LogP contribution in [0.2, 0.25) is 0 Å². The van der Waals surface area contributed by atoms with Crippen molar-refractivity contribution in [1.82, 2.24) is 15.1 Å². The lowest BCUT2D eigenvalue weighted by molar-refractivity contribution is 0.267. The summed E-state index contributed by atoms with van der Waals surface area (Å²) >= 11 is 0. The van der Waals surface area contributed by atoms with E-state index in [4.69, 9.17) is 0 Å². The van der Waals surface area contributed by atoms with Gasteiger partial charge in [0.25, 0.3) is 0 Å². The SMILES string of the molecule is C=CCNCCN(CC)CCCN(C)C. The molecule has 0 aliphatic carbocycles. The van der Waals surface area contributed by atoms with E-state index in [1.165, 1.54) is 19.5 Å². The molecule has 0 unspecified atom stereocenters. The molecule has 0 rings (SSSR count). The smallest absolute Gasteiger partial charge is 0.0132 e. The van der Waals surface area contributed by atoms with Crippen molar-refractivity contribution >= 4 is 0 Å². The molecule has 0 aromatic heterocycles. The number of rotatable bonds is 10. The van der Waals surface area contributed by atoms with Crippen molar-refractivity contribution in [2.45, 2.75) is 13.3 Å². The second kappa shape index (κ2) is 10.1. The quantitative estimate of drug-likeness (QED) is 0.432. The molecule has 15 heavy (non-hydrogen) atoms. The average Bonchev–Trinajstić information content (AvgIpc) is 2.21. The first kappa shape index (κ1) is 14.6. The highest BCUT2D eigenvalue weighted by atomic mass is 15.1. The second-order valence-corrected chi connectivity index (χ2v) is 4.08. The highest BCUT2D eigenvalue weighted by molar-refractivity contribution is 4.70. The lowest BCUT2D eigenvalue weighted by atomic mass is 10.3. The zero-order valence-electron chi connectivity index (χ0n) is 10.6. The van der Waals surface area contributed by atoms with Crippen LogP contribution in [-0.2, 0) is 0 Å². The lowest BCUT2D eigenvalue weighted by Crippen LogP contribution is -2.33. The Morgan fingerprint density at radius 1 is 1.20 bits per heavy atom. The molecule has 0 atom stereocenters. The monoisotopic (exact) mass is 213 g/mol. The van der Waals surface area contributed by atoms with Crippen LogP contribution in [0.5, 0.6) is 0 Å². The standard InChI is InChI=1S/C12H27N3/c1-5-8-13-9-12-15(6-2)11-7-10-14(3)4/h5,13H,1,6-12H2,2-4H3. The van der Waals surface area contributed by atoms with Gasteiger partial charge in [0, 0.05) is 19.6 Å². The van der Waals surface area contributed by atoms with Crippen molar-refractivity contribution in [3.8, 4) is 0 Å². The molecule has 0 bridgehead atoms. The summed E-state index contributed by atoms with van der Waals surface area (Å²) in [5.41, 5.74) is 0. The third kappa shape index (κ3) is 9.91. The summed E-state index contributed by atoms with van der Waals surface area (Å²) < 4.78 is 0. The molecule has 0 saturated heterocycles. The molecule has 0 fully saturated rings. The molecule has 90 valence electrons. The Labute approximate surface area is 95.1 Å². The topological polar surface area (TPSA) is 18.5 Å². The zero-order chi connectivity index (χ0) is 11.5. The zero-order valence-corrected chi connectivity index (χ0v) is 10.6. The number of hydrogen-bond acceptors (Lipinski definition) is 3. The Balaban J connectivity index is 3.41. The fraction of sp³-hybridized carbons (Fsp3) is 0.833. The highest BCUT2D eigenvalue weighted by Gasteiger charge is 2.01. The van der Waals surface area contributed by atoms with E-state index in [0.717, 1.165) is 26.2 Å². The molecule has 0 radical (unpaired) electrons. The second-order valence-electron chi connectivity index (χ2n) is 4.08. The van der Waals surface area contributed by atoms with Gasteiger partial charge in [0.15, 0.2) is 0 Å². The summed E-state index contributed by atoms with van der Waals surface area (Å²) in [4.78, 5) is 4.73. The Kier molecular flexibility index (Phi) is 9.89. The number of hydrogen-bond donors (Lipinski definition) is 1. The molecule has 0 aliphatic heterocycles. The van der Waals surface area contributed by atoms with Gasteiger partial charge in [-0.05, 0) is 40.2 Å². The molecule has 0 aromatic rings. The minimum Gasteiger partial charge on any atom is -0.312 e. The Hall–Kier alpha value is -0.380. The number of likely N-dealkylation sites (N-methyl/N-ethyl adjacent to an activating group) is 1. The average molecular weight is 213 g/mol. The first-order valence-corrected chi connectivity index (χ1v) is 5.89. The summed E-state index contributed by atoms with van der Waals surface area (Å²) in [5.74, 6) is 0. The van der Waals surface area contributed by atoms with Crippen molar-refractivity contribution in [3.63, 3.8) is 0 Å². The van der Waals surface area contributed by atoms with Crippen molar-refractivity contribution < 1.29 is 0 Å². The van der Waals surface area contributed by atoms with Gasteiger partial charge >= 0.3 is 0 Å². The predicted molar refractivity (Wildman–Crippen MR) is 68.4 cm³/mol. The van der Waals surface area contributed by atoms with Gasteiger partial charge in [-0.1, -0.05) is 13.0 Å². The van der Waals surface area contributed by atoms with Gasteiger partial charge in [0.1, 0.15) is 0 Å². The molecular weight excluding hydrogens is 186 g/mol. The molecule has 0 aliphatic rings. The van der Waals surface area contributed by atoms with E-state index < -0.39 is 0 Å². The van der Waals surface area contributed by atoms with Gasteiger partial charge in [-0.3, -0.25) is 0 Å². The van der Waals surface area contributed by atoms with Gasteiger partial charge in [0.2, 0.25) is 0 Å². The molecule has 3 heteroatoms. The van der Waals surface area contributed by atoms with Crippen LogP contribution in [0.4, 0.5) is 0 Å². The van der Waals surface area contributed by atoms with E-state index in [2.05, 4.69) is 42.7 Å². The lowest BCUT2D eigenvalue weighted by Gasteiger charge is -2.21. The summed E-state index contributed by atoms with van der Waals surface area (Å²) in [6, 6.07) is 0. The fourth-order valence-corrected chi connectivity index (χ4v) is 1.48. The van der Waals surface area contributed by atoms with E-state index in [0.29, 0.717) is 0 Å². The third-order valence-corrected chi connectivity index (χ3v) is 2.42. The highest BCUT2D eigenvalue weighted by Crippen LogP contribution is 1.91. The number of nitrogens with one attached hydrogen (secondary N) is 1. The van der Waals surface area contributed by atoms with Crippen LogP contribution >= 0.6 is 0 Å². The first-order valence-electron chi connectivity index (χ1n) is 5.89. The minimum atomic E-state index is 0.912.